The lowest BCUT2D eigenvalue weighted by Crippen LogP contribution is -2.09. The Morgan fingerprint density at radius 3 is 2.45 bits per heavy atom. The largest absolute Gasteiger partial charge is 0.477 e. The molecular formula is C18H16FNO2. The van der Waals surface area contributed by atoms with E-state index in [4.69, 9.17) is 0 Å². The molecule has 0 bridgehead atoms. The van der Waals surface area contributed by atoms with Crippen LogP contribution >= 0.6 is 0 Å². The van der Waals surface area contributed by atoms with Gasteiger partial charge in [-0.25, -0.2) is 9.18 Å². The lowest BCUT2D eigenvalue weighted by molar-refractivity contribution is 0.0686. The van der Waals surface area contributed by atoms with E-state index in [-0.39, 0.29) is 11.5 Å². The molecule has 3 aromatic rings. The summed E-state index contributed by atoms with van der Waals surface area (Å²) in [4.78, 5) is 11.6. The molecule has 0 spiro atoms. The quantitative estimate of drug-likeness (QED) is 0.789. The first kappa shape index (κ1) is 14.3. The molecule has 1 heterocycles. The van der Waals surface area contributed by atoms with E-state index in [1.165, 1.54) is 12.1 Å². The van der Waals surface area contributed by atoms with Gasteiger partial charge >= 0.3 is 5.97 Å². The normalized spacial score (nSPS) is 11.0. The van der Waals surface area contributed by atoms with E-state index >= 15 is 0 Å². The molecule has 0 unspecified atom stereocenters. The van der Waals surface area contributed by atoms with Gasteiger partial charge < -0.3 is 9.67 Å². The number of aromatic nitrogens is 1. The van der Waals surface area contributed by atoms with Gasteiger partial charge in [0.15, 0.2) is 0 Å². The smallest absolute Gasteiger partial charge is 0.352 e. The number of nitrogens with zero attached hydrogens (tertiary/aromatic N) is 1. The van der Waals surface area contributed by atoms with Crippen molar-refractivity contribution in [2.45, 2.75) is 20.4 Å². The number of carbonyl (C=O) groups is 1. The molecule has 2 aromatic carbocycles. The van der Waals surface area contributed by atoms with Crippen molar-refractivity contribution in [3.8, 4) is 0 Å². The Bertz CT molecular complexity index is 863. The van der Waals surface area contributed by atoms with E-state index in [1.807, 2.05) is 26.0 Å². The Kier molecular flexibility index (Phi) is 3.45. The Morgan fingerprint density at radius 1 is 1.14 bits per heavy atom. The minimum Gasteiger partial charge on any atom is -0.477 e. The molecule has 0 amide bonds. The van der Waals surface area contributed by atoms with Gasteiger partial charge in [0.1, 0.15) is 11.5 Å². The van der Waals surface area contributed by atoms with Crippen molar-refractivity contribution >= 4 is 16.9 Å². The van der Waals surface area contributed by atoms with Crippen LogP contribution in [0.5, 0.6) is 0 Å². The minimum absolute atomic E-state index is 0.244. The average Bonchev–Trinajstić information content (AvgIpc) is 2.80. The lowest BCUT2D eigenvalue weighted by Gasteiger charge is -2.11. The fourth-order valence-electron chi connectivity index (χ4n) is 2.93. The molecule has 3 nitrogen and oxygen atoms in total. The van der Waals surface area contributed by atoms with Gasteiger partial charge in [-0.2, -0.15) is 0 Å². The molecule has 1 aromatic heterocycles. The predicted molar refractivity (Wildman–Crippen MR) is 83.9 cm³/mol. The molecule has 0 radical (unpaired) electrons. The molecule has 0 aliphatic heterocycles. The van der Waals surface area contributed by atoms with Crippen LogP contribution in [0.25, 0.3) is 10.9 Å². The minimum atomic E-state index is -0.963. The third-order valence-electron chi connectivity index (χ3n) is 3.80. The highest BCUT2D eigenvalue weighted by Gasteiger charge is 2.16. The van der Waals surface area contributed by atoms with E-state index in [0.29, 0.717) is 6.54 Å². The number of halogens is 1. The van der Waals surface area contributed by atoms with Crippen LogP contribution in [-0.4, -0.2) is 15.6 Å². The molecule has 22 heavy (non-hydrogen) atoms. The summed E-state index contributed by atoms with van der Waals surface area (Å²) < 4.78 is 14.8. The van der Waals surface area contributed by atoms with Crippen molar-refractivity contribution in [1.29, 1.82) is 0 Å². The summed E-state index contributed by atoms with van der Waals surface area (Å²) in [5.41, 5.74) is 4.15. The lowest BCUT2D eigenvalue weighted by atomic mass is 10.1. The second kappa shape index (κ2) is 5.30. The summed E-state index contributed by atoms with van der Waals surface area (Å²) in [6, 6.07) is 11.8. The van der Waals surface area contributed by atoms with Crippen LogP contribution in [-0.2, 0) is 6.54 Å². The Morgan fingerprint density at radius 2 is 1.82 bits per heavy atom. The highest BCUT2D eigenvalue weighted by molar-refractivity contribution is 5.96. The molecule has 0 fully saturated rings. The first-order valence-electron chi connectivity index (χ1n) is 7.04. The predicted octanol–water partition coefficient (Wildman–Crippen LogP) is 4.14. The maximum atomic E-state index is 13.0. The number of rotatable bonds is 3. The summed E-state index contributed by atoms with van der Waals surface area (Å²) in [5.74, 6) is -1.26. The number of carboxylic acids is 1. The van der Waals surface area contributed by atoms with E-state index in [9.17, 15) is 14.3 Å². The summed E-state index contributed by atoms with van der Waals surface area (Å²) in [6.45, 7) is 4.36. The molecule has 1 N–H and O–H groups in total. The van der Waals surface area contributed by atoms with Gasteiger partial charge in [0.2, 0.25) is 0 Å². The van der Waals surface area contributed by atoms with Crippen LogP contribution in [0, 0.1) is 19.7 Å². The van der Waals surface area contributed by atoms with Crippen LogP contribution in [0.15, 0.2) is 42.5 Å². The number of hydrogen-bond acceptors (Lipinski definition) is 1. The topological polar surface area (TPSA) is 42.2 Å². The van der Waals surface area contributed by atoms with E-state index in [0.717, 1.165) is 27.6 Å². The zero-order chi connectivity index (χ0) is 15.9. The van der Waals surface area contributed by atoms with Gasteiger partial charge in [-0.3, -0.25) is 0 Å². The fourth-order valence-corrected chi connectivity index (χ4v) is 2.93. The van der Waals surface area contributed by atoms with Gasteiger partial charge in [-0.15, -0.1) is 0 Å². The molecule has 0 aliphatic carbocycles. The molecule has 0 atom stereocenters. The van der Waals surface area contributed by atoms with Crippen molar-refractivity contribution < 1.29 is 14.3 Å². The van der Waals surface area contributed by atoms with Gasteiger partial charge in [-0.1, -0.05) is 23.8 Å². The standard InChI is InChI=1S/C18H16FNO2/c1-11-7-12(2)17-14(8-11)9-16(18(21)22)20(17)10-13-3-5-15(19)6-4-13/h3-9H,10H2,1-2H3,(H,21,22). The van der Waals surface area contributed by atoms with Crippen molar-refractivity contribution in [3.63, 3.8) is 0 Å². The molecule has 3 rings (SSSR count). The van der Waals surface area contributed by atoms with Crippen molar-refractivity contribution in [3.05, 3.63) is 70.7 Å². The maximum absolute atomic E-state index is 13.0. The summed E-state index contributed by atoms with van der Waals surface area (Å²) in [5, 5.41) is 10.4. The number of aryl methyl sites for hydroxylation is 2. The second-order valence-electron chi connectivity index (χ2n) is 5.57. The highest BCUT2D eigenvalue weighted by atomic mass is 19.1. The zero-order valence-electron chi connectivity index (χ0n) is 12.4. The number of benzene rings is 2. The Labute approximate surface area is 127 Å². The fraction of sp³-hybridized carbons (Fsp3) is 0.167. The molecule has 0 aliphatic rings. The van der Waals surface area contributed by atoms with Crippen molar-refractivity contribution in [2.24, 2.45) is 0 Å². The van der Waals surface area contributed by atoms with Crippen LogP contribution in [0.2, 0.25) is 0 Å². The van der Waals surface area contributed by atoms with E-state index in [1.54, 1.807) is 22.8 Å². The zero-order valence-corrected chi connectivity index (χ0v) is 12.4. The summed E-state index contributed by atoms with van der Waals surface area (Å²) >= 11 is 0. The van der Waals surface area contributed by atoms with Gasteiger partial charge in [-0.05, 0) is 49.2 Å². The number of hydrogen-bond donors (Lipinski definition) is 1. The van der Waals surface area contributed by atoms with Crippen molar-refractivity contribution in [1.82, 2.24) is 4.57 Å². The van der Waals surface area contributed by atoms with E-state index in [2.05, 4.69) is 0 Å². The molecule has 112 valence electrons. The summed E-state index contributed by atoms with van der Waals surface area (Å²) in [7, 11) is 0. The monoisotopic (exact) mass is 297 g/mol. The third-order valence-corrected chi connectivity index (χ3v) is 3.80. The second-order valence-corrected chi connectivity index (χ2v) is 5.57. The van der Waals surface area contributed by atoms with Crippen molar-refractivity contribution in [2.75, 3.05) is 0 Å². The number of carboxylic acid groups (broad SMARTS) is 1. The highest BCUT2D eigenvalue weighted by Crippen LogP contribution is 2.26. The summed E-state index contributed by atoms with van der Waals surface area (Å²) in [6.07, 6.45) is 0. The Balaban J connectivity index is 2.19. The molecule has 0 saturated heterocycles. The number of aromatic carboxylic acids is 1. The maximum Gasteiger partial charge on any atom is 0.352 e. The Hall–Kier alpha value is -2.62. The molecule has 4 heteroatoms. The van der Waals surface area contributed by atoms with Gasteiger partial charge in [0.05, 0.1) is 5.52 Å². The van der Waals surface area contributed by atoms with Gasteiger partial charge in [0, 0.05) is 11.9 Å². The van der Waals surface area contributed by atoms with Crippen LogP contribution in [0.4, 0.5) is 4.39 Å². The van der Waals surface area contributed by atoms with Crippen LogP contribution in [0.3, 0.4) is 0 Å². The van der Waals surface area contributed by atoms with Crippen LogP contribution < -0.4 is 0 Å². The number of fused-ring (bicyclic) bond motifs is 1. The average molecular weight is 297 g/mol. The van der Waals surface area contributed by atoms with E-state index < -0.39 is 5.97 Å². The SMILES string of the molecule is Cc1cc(C)c2c(c1)cc(C(=O)O)n2Cc1ccc(F)cc1. The van der Waals surface area contributed by atoms with Crippen LogP contribution in [0.1, 0.15) is 27.2 Å². The molecule has 0 saturated carbocycles. The first-order chi connectivity index (χ1) is 10.5. The first-order valence-corrected chi connectivity index (χ1v) is 7.04. The third kappa shape index (κ3) is 2.48. The molecular weight excluding hydrogens is 281 g/mol. The van der Waals surface area contributed by atoms with Gasteiger partial charge in [0.25, 0.3) is 0 Å².